The van der Waals surface area contributed by atoms with Gasteiger partial charge in [0.2, 0.25) is 0 Å². The summed E-state index contributed by atoms with van der Waals surface area (Å²) < 4.78 is 0.640. The SMILES string of the molecule is O=C(O)c1c(Br)cc(Br)c(C(=O)O)c1Br. The first-order chi connectivity index (χ1) is 6.86. The van der Waals surface area contributed by atoms with Crippen molar-refractivity contribution in [1.82, 2.24) is 0 Å². The maximum atomic E-state index is 10.9. The molecule has 0 fully saturated rings. The molecule has 15 heavy (non-hydrogen) atoms. The highest BCUT2D eigenvalue weighted by Crippen LogP contribution is 2.34. The zero-order valence-electron chi connectivity index (χ0n) is 6.92. The molecule has 0 aromatic heterocycles. The molecule has 0 aliphatic carbocycles. The third kappa shape index (κ3) is 2.40. The van der Waals surface area contributed by atoms with Crippen LogP contribution in [0.15, 0.2) is 19.5 Å². The van der Waals surface area contributed by atoms with E-state index in [4.69, 9.17) is 10.2 Å². The highest BCUT2D eigenvalue weighted by atomic mass is 79.9. The van der Waals surface area contributed by atoms with Crippen LogP contribution in [0.25, 0.3) is 0 Å². The minimum atomic E-state index is -1.20. The van der Waals surface area contributed by atoms with Crippen molar-refractivity contribution in [3.8, 4) is 0 Å². The Hall–Kier alpha value is -0.400. The molecule has 1 aromatic rings. The number of hydrogen-bond donors (Lipinski definition) is 2. The highest BCUT2D eigenvalue weighted by Gasteiger charge is 2.22. The average molecular weight is 403 g/mol. The van der Waals surface area contributed by atoms with Gasteiger partial charge in [-0.3, -0.25) is 0 Å². The summed E-state index contributed by atoms with van der Waals surface area (Å²) in [5.74, 6) is -2.41. The van der Waals surface area contributed by atoms with Gasteiger partial charge in [0.05, 0.1) is 11.1 Å². The van der Waals surface area contributed by atoms with Crippen LogP contribution in [0.5, 0.6) is 0 Å². The number of benzene rings is 1. The fourth-order valence-electron chi connectivity index (χ4n) is 0.982. The quantitative estimate of drug-likeness (QED) is 0.795. The zero-order valence-corrected chi connectivity index (χ0v) is 11.7. The second-order valence-electron chi connectivity index (χ2n) is 2.51. The van der Waals surface area contributed by atoms with Gasteiger partial charge in [-0.15, -0.1) is 0 Å². The molecule has 0 amide bonds. The summed E-state index contributed by atoms with van der Waals surface area (Å²) in [5, 5.41) is 17.8. The van der Waals surface area contributed by atoms with E-state index in [0.717, 1.165) is 0 Å². The maximum absolute atomic E-state index is 10.9. The van der Waals surface area contributed by atoms with E-state index < -0.39 is 11.9 Å². The first kappa shape index (κ1) is 12.7. The number of rotatable bonds is 2. The molecule has 2 N–H and O–H groups in total. The molecule has 1 aromatic carbocycles. The first-order valence-electron chi connectivity index (χ1n) is 3.50. The van der Waals surface area contributed by atoms with Gasteiger partial charge in [0.1, 0.15) is 0 Å². The van der Waals surface area contributed by atoms with Crippen LogP contribution in [-0.2, 0) is 0 Å². The topological polar surface area (TPSA) is 74.6 Å². The van der Waals surface area contributed by atoms with Gasteiger partial charge in [-0.25, -0.2) is 9.59 Å². The summed E-state index contributed by atoms with van der Waals surface area (Å²) in [7, 11) is 0. The van der Waals surface area contributed by atoms with Crippen LogP contribution in [0, 0.1) is 0 Å². The van der Waals surface area contributed by atoms with E-state index in [1.807, 2.05) is 0 Å². The number of carboxylic acid groups (broad SMARTS) is 2. The standard InChI is InChI=1S/C8H3Br3O4/c9-2-1-3(10)5(8(14)15)6(11)4(2)7(12)13/h1H,(H,12,13)(H,14,15). The molecule has 0 unspecified atom stereocenters. The molecule has 0 saturated carbocycles. The van der Waals surface area contributed by atoms with Crippen LogP contribution in [0.3, 0.4) is 0 Å². The Morgan fingerprint density at radius 1 is 0.933 bits per heavy atom. The number of hydrogen-bond acceptors (Lipinski definition) is 2. The Bertz CT molecular complexity index is 417. The van der Waals surface area contributed by atoms with Gasteiger partial charge >= 0.3 is 11.9 Å². The third-order valence-electron chi connectivity index (χ3n) is 1.60. The van der Waals surface area contributed by atoms with E-state index in [-0.39, 0.29) is 15.6 Å². The van der Waals surface area contributed by atoms with Crippen molar-refractivity contribution in [2.24, 2.45) is 0 Å². The Balaban J connectivity index is 3.64. The van der Waals surface area contributed by atoms with Gasteiger partial charge in [-0.1, -0.05) is 0 Å². The number of halogens is 3. The lowest BCUT2D eigenvalue weighted by molar-refractivity contribution is 0.0694. The van der Waals surface area contributed by atoms with Crippen molar-refractivity contribution in [2.45, 2.75) is 0 Å². The molecule has 4 nitrogen and oxygen atoms in total. The lowest BCUT2D eigenvalue weighted by Crippen LogP contribution is -2.07. The number of carbonyl (C=O) groups is 2. The highest BCUT2D eigenvalue weighted by molar-refractivity contribution is 9.11. The minimum absolute atomic E-state index is 0.0313. The molecular weight excluding hydrogens is 400 g/mol. The normalized spacial score (nSPS) is 10.1. The molecule has 0 aliphatic heterocycles. The summed E-state index contributed by atoms with van der Waals surface area (Å²) >= 11 is 9.06. The van der Waals surface area contributed by atoms with E-state index >= 15 is 0 Å². The predicted octanol–water partition coefficient (Wildman–Crippen LogP) is 3.37. The molecule has 0 aliphatic rings. The van der Waals surface area contributed by atoms with E-state index in [9.17, 15) is 9.59 Å². The van der Waals surface area contributed by atoms with Crippen LogP contribution >= 0.6 is 47.8 Å². The third-order valence-corrected chi connectivity index (χ3v) is 3.64. The zero-order chi connectivity index (χ0) is 11.7. The van der Waals surface area contributed by atoms with Crippen molar-refractivity contribution < 1.29 is 19.8 Å². The molecule has 0 bridgehead atoms. The molecule has 80 valence electrons. The van der Waals surface area contributed by atoms with Gasteiger partial charge in [0.25, 0.3) is 0 Å². The van der Waals surface area contributed by atoms with Crippen molar-refractivity contribution in [3.05, 3.63) is 30.6 Å². The second kappa shape index (κ2) is 4.63. The van der Waals surface area contributed by atoms with Gasteiger partial charge in [-0.2, -0.15) is 0 Å². The van der Waals surface area contributed by atoms with Crippen LogP contribution in [0.2, 0.25) is 0 Å². The first-order valence-corrected chi connectivity index (χ1v) is 5.88. The molecular formula is C8H3Br3O4. The van der Waals surface area contributed by atoms with Gasteiger partial charge in [0.15, 0.2) is 0 Å². The van der Waals surface area contributed by atoms with Gasteiger partial charge in [-0.05, 0) is 53.9 Å². The van der Waals surface area contributed by atoms with Crippen LogP contribution in [-0.4, -0.2) is 22.2 Å². The fraction of sp³-hybridized carbons (Fsp3) is 0. The summed E-state index contributed by atoms with van der Waals surface area (Å²) in [4.78, 5) is 21.7. The molecule has 7 heteroatoms. The van der Waals surface area contributed by atoms with Crippen LogP contribution in [0.1, 0.15) is 20.7 Å². The van der Waals surface area contributed by atoms with E-state index in [1.165, 1.54) is 6.07 Å². The van der Waals surface area contributed by atoms with Crippen molar-refractivity contribution in [1.29, 1.82) is 0 Å². The minimum Gasteiger partial charge on any atom is -0.478 e. The molecule has 1 rings (SSSR count). The van der Waals surface area contributed by atoms with Crippen LogP contribution < -0.4 is 0 Å². The predicted molar refractivity (Wildman–Crippen MR) is 63.5 cm³/mol. The number of carboxylic acids is 2. The van der Waals surface area contributed by atoms with E-state index in [2.05, 4.69) is 47.8 Å². The summed E-state index contributed by atoms with van der Waals surface area (Å²) in [6, 6.07) is 1.39. The Morgan fingerprint density at radius 3 is 1.53 bits per heavy atom. The summed E-state index contributed by atoms with van der Waals surface area (Å²) in [6.07, 6.45) is 0. The summed E-state index contributed by atoms with van der Waals surface area (Å²) in [5.41, 5.74) is -0.230. The van der Waals surface area contributed by atoms with Gasteiger partial charge in [0, 0.05) is 13.4 Å². The Morgan fingerprint density at radius 2 is 1.27 bits per heavy atom. The van der Waals surface area contributed by atoms with E-state index in [1.54, 1.807) is 0 Å². The molecule has 0 saturated heterocycles. The fourth-order valence-corrected chi connectivity index (χ4v) is 3.78. The van der Waals surface area contributed by atoms with Gasteiger partial charge < -0.3 is 10.2 Å². The lowest BCUT2D eigenvalue weighted by Gasteiger charge is -2.08. The summed E-state index contributed by atoms with van der Waals surface area (Å²) in [6.45, 7) is 0. The largest absolute Gasteiger partial charge is 0.478 e. The molecule has 0 radical (unpaired) electrons. The second-order valence-corrected chi connectivity index (χ2v) is 5.02. The smallest absolute Gasteiger partial charge is 0.338 e. The monoisotopic (exact) mass is 400 g/mol. The maximum Gasteiger partial charge on any atom is 0.338 e. The van der Waals surface area contributed by atoms with Crippen molar-refractivity contribution in [2.75, 3.05) is 0 Å². The van der Waals surface area contributed by atoms with E-state index in [0.29, 0.717) is 8.95 Å². The average Bonchev–Trinajstić information content (AvgIpc) is 1.99. The molecule has 0 atom stereocenters. The molecule has 0 spiro atoms. The number of aromatic carboxylic acids is 2. The Labute approximate surface area is 110 Å². The lowest BCUT2D eigenvalue weighted by atomic mass is 10.1. The Kier molecular flexibility index (Phi) is 3.91. The van der Waals surface area contributed by atoms with Crippen molar-refractivity contribution >= 4 is 59.7 Å². The molecule has 0 heterocycles. The van der Waals surface area contributed by atoms with Crippen LogP contribution in [0.4, 0.5) is 0 Å². The van der Waals surface area contributed by atoms with Crippen molar-refractivity contribution in [3.63, 3.8) is 0 Å².